The first-order chi connectivity index (χ1) is 7.79. The molecule has 0 amide bonds. The number of benzene rings is 1. The number of rotatable bonds is 2. The summed E-state index contributed by atoms with van der Waals surface area (Å²) >= 11 is 0. The van der Waals surface area contributed by atoms with Crippen LogP contribution in [0, 0.1) is 10.1 Å². The fraction of sp³-hybridized carbons (Fsp3) is 0. The average molecular weight is 281 g/mol. The van der Waals surface area contributed by atoms with Crippen LogP contribution in [0.5, 0.6) is 0 Å². The van der Waals surface area contributed by atoms with Gasteiger partial charge in [0.05, 0.1) is 16.0 Å². The van der Waals surface area contributed by atoms with Crippen LogP contribution in [0.3, 0.4) is 0 Å². The molecule has 0 atom stereocenters. The van der Waals surface area contributed by atoms with E-state index in [2.05, 4.69) is 9.97 Å². The van der Waals surface area contributed by atoms with Crippen molar-refractivity contribution in [2.75, 3.05) is 0 Å². The Kier molecular flexibility index (Phi) is 3.98. The van der Waals surface area contributed by atoms with Crippen LogP contribution in [0.4, 0.5) is 5.69 Å². The van der Waals surface area contributed by atoms with E-state index in [4.69, 9.17) is 0 Å². The summed E-state index contributed by atoms with van der Waals surface area (Å²) in [6.45, 7) is 0. The second-order valence-electron chi connectivity index (χ2n) is 3.16. The van der Waals surface area contributed by atoms with E-state index in [0.717, 1.165) is 12.1 Å². The number of aromatic nitrogens is 2. The van der Waals surface area contributed by atoms with Crippen molar-refractivity contribution in [3.63, 3.8) is 0 Å². The molecule has 9 nitrogen and oxygen atoms in total. The van der Waals surface area contributed by atoms with E-state index in [1.54, 1.807) is 0 Å². The van der Waals surface area contributed by atoms with Crippen molar-refractivity contribution in [2.45, 2.75) is 4.90 Å². The predicted molar refractivity (Wildman–Crippen MR) is 53.5 cm³/mol. The molecule has 90 valence electrons. The zero-order valence-electron chi connectivity index (χ0n) is 8.96. The number of aromatic amines is 2. The number of H-pyrrole nitrogens is 2. The Balaban J connectivity index is 0.00000162. The summed E-state index contributed by atoms with van der Waals surface area (Å²) in [7, 11) is -4.99. The van der Waals surface area contributed by atoms with Crippen LogP contribution in [0.25, 0.3) is 11.0 Å². The van der Waals surface area contributed by atoms with E-state index in [1.807, 2.05) is 0 Å². The third kappa shape index (κ3) is 2.62. The predicted octanol–water partition coefficient (Wildman–Crippen LogP) is -3.33. The Hall–Kier alpha value is -1.20. The topological polar surface area (TPSA) is 149 Å². The fourth-order valence-corrected chi connectivity index (χ4v) is 2.05. The molecule has 0 aliphatic heterocycles. The fourth-order valence-electron chi connectivity index (χ4n) is 1.39. The number of nitro groups is 1. The van der Waals surface area contributed by atoms with Crippen molar-refractivity contribution in [3.05, 3.63) is 32.7 Å². The second-order valence-corrected chi connectivity index (χ2v) is 4.50. The normalized spacial score (nSPS) is 11.2. The first-order valence-electron chi connectivity index (χ1n) is 4.15. The average Bonchev–Trinajstić information content (AvgIpc) is 2.53. The van der Waals surface area contributed by atoms with Gasteiger partial charge in [-0.15, -0.1) is 0 Å². The van der Waals surface area contributed by atoms with E-state index in [0.29, 0.717) is 0 Å². The van der Waals surface area contributed by atoms with Gasteiger partial charge in [-0.3, -0.25) is 10.1 Å². The molecule has 11 heteroatoms. The molecule has 2 N–H and O–H groups in total. The van der Waals surface area contributed by atoms with Gasteiger partial charge in [0, 0.05) is 6.07 Å². The smallest absolute Gasteiger partial charge is 0.744 e. The maximum absolute atomic E-state index is 10.9. The van der Waals surface area contributed by atoms with Crippen molar-refractivity contribution in [1.82, 2.24) is 9.97 Å². The van der Waals surface area contributed by atoms with Crippen molar-refractivity contribution in [1.29, 1.82) is 0 Å². The minimum absolute atomic E-state index is 0. The molecular weight excluding hydrogens is 277 g/mol. The first kappa shape index (κ1) is 14.9. The summed E-state index contributed by atoms with van der Waals surface area (Å²) in [5.74, 6) is 0. The molecule has 1 aromatic carbocycles. The molecular formula is C7H4N3NaO6S. The zero-order chi connectivity index (χ0) is 12.8. The summed E-state index contributed by atoms with van der Waals surface area (Å²) in [5, 5.41) is 10.6. The summed E-state index contributed by atoms with van der Waals surface area (Å²) < 4.78 is 32.5. The van der Waals surface area contributed by atoms with Crippen LogP contribution in [-0.4, -0.2) is 27.9 Å². The molecule has 0 saturated heterocycles. The monoisotopic (exact) mass is 281 g/mol. The quantitative estimate of drug-likeness (QED) is 0.254. The van der Waals surface area contributed by atoms with Gasteiger partial charge < -0.3 is 14.5 Å². The number of nitrogens with one attached hydrogen (secondary N) is 2. The third-order valence-corrected chi connectivity index (χ3v) is 2.93. The van der Waals surface area contributed by atoms with Gasteiger partial charge in [-0.1, -0.05) is 0 Å². The number of nitro benzene ring substituents is 1. The van der Waals surface area contributed by atoms with Gasteiger partial charge >= 0.3 is 35.2 Å². The first-order valence-corrected chi connectivity index (χ1v) is 5.56. The molecule has 2 aromatic rings. The number of imidazole rings is 1. The van der Waals surface area contributed by atoms with Crippen LogP contribution in [0.2, 0.25) is 0 Å². The van der Waals surface area contributed by atoms with Crippen LogP contribution >= 0.6 is 0 Å². The number of hydrogen-bond acceptors (Lipinski definition) is 6. The van der Waals surface area contributed by atoms with E-state index in [9.17, 15) is 27.9 Å². The van der Waals surface area contributed by atoms with Crippen LogP contribution in [0.1, 0.15) is 0 Å². The van der Waals surface area contributed by atoms with Gasteiger partial charge in [-0.2, -0.15) is 0 Å². The maximum Gasteiger partial charge on any atom is 1.00 e. The molecule has 0 aliphatic rings. The minimum atomic E-state index is -4.99. The summed E-state index contributed by atoms with van der Waals surface area (Å²) in [5.41, 5.74) is -1.47. The van der Waals surface area contributed by atoms with E-state index < -0.39 is 31.3 Å². The molecule has 0 unspecified atom stereocenters. The van der Waals surface area contributed by atoms with Crippen molar-refractivity contribution < 1.29 is 47.5 Å². The largest absolute Gasteiger partial charge is 1.00 e. The number of hydrogen-bond donors (Lipinski definition) is 2. The molecule has 0 bridgehead atoms. The zero-order valence-corrected chi connectivity index (χ0v) is 11.8. The van der Waals surface area contributed by atoms with Gasteiger partial charge in [-0.25, -0.2) is 13.2 Å². The molecule has 0 aliphatic carbocycles. The molecule has 1 heterocycles. The Morgan fingerprint density at radius 3 is 2.11 bits per heavy atom. The van der Waals surface area contributed by atoms with Gasteiger partial charge in [0.2, 0.25) is 0 Å². The Morgan fingerprint density at radius 2 is 1.67 bits per heavy atom. The van der Waals surface area contributed by atoms with Crippen molar-refractivity contribution in [3.8, 4) is 0 Å². The Labute approximate surface area is 121 Å². The van der Waals surface area contributed by atoms with Crippen LogP contribution in [-0.2, 0) is 10.1 Å². The van der Waals surface area contributed by atoms with Gasteiger partial charge in [0.15, 0.2) is 0 Å². The molecule has 18 heavy (non-hydrogen) atoms. The molecule has 2 rings (SSSR count). The second kappa shape index (κ2) is 4.82. The summed E-state index contributed by atoms with van der Waals surface area (Å²) in [6, 6.07) is 1.58. The molecule has 0 saturated carbocycles. The van der Waals surface area contributed by atoms with E-state index in [-0.39, 0.29) is 40.6 Å². The number of fused-ring (bicyclic) bond motifs is 1. The van der Waals surface area contributed by atoms with E-state index >= 15 is 0 Å². The van der Waals surface area contributed by atoms with Crippen molar-refractivity contribution in [2.24, 2.45) is 0 Å². The number of nitrogens with zero attached hydrogens (tertiary/aromatic N) is 1. The maximum atomic E-state index is 10.9. The standard InChI is InChI=1S/C7H5N3O6S.Na/c11-7-8-3-1-5(10(12)13)6(17(14,15)16)2-4(3)9-7;/h1-2H,(H2,8,9,11)(H,14,15,16);/q;+1/p-1. The van der Waals surface area contributed by atoms with Gasteiger partial charge in [-0.05, 0) is 6.07 Å². The van der Waals surface area contributed by atoms with Crippen LogP contribution < -0.4 is 35.2 Å². The van der Waals surface area contributed by atoms with Gasteiger partial charge in [0.25, 0.3) is 5.69 Å². The van der Waals surface area contributed by atoms with Gasteiger partial charge in [0.1, 0.15) is 15.0 Å². The third-order valence-electron chi connectivity index (χ3n) is 2.06. The van der Waals surface area contributed by atoms with Crippen molar-refractivity contribution >= 4 is 26.8 Å². The molecule has 0 spiro atoms. The Morgan fingerprint density at radius 1 is 1.17 bits per heavy atom. The SMILES string of the molecule is O=c1[nH]c2cc([N+](=O)[O-])c(S(=O)(=O)[O-])cc2[nH]1.[Na+]. The summed E-state index contributed by atoms with van der Waals surface area (Å²) in [6.07, 6.45) is 0. The van der Waals surface area contributed by atoms with Crippen LogP contribution in [0.15, 0.2) is 21.8 Å². The summed E-state index contributed by atoms with van der Waals surface area (Å²) in [4.78, 5) is 24.0. The Bertz CT molecular complexity index is 776. The molecule has 1 aromatic heterocycles. The minimum Gasteiger partial charge on any atom is -0.744 e. The molecule has 0 fully saturated rings. The molecule has 0 radical (unpaired) electrons. The van der Waals surface area contributed by atoms with E-state index in [1.165, 1.54) is 0 Å².